The second-order valence-corrected chi connectivity index (χ2v) is 10.2. The van der Waals surface area contributed by atoms with Crippen molar-refractivity contribution in [1.82, 2.24) is 10.3 Å². The molecule has 2 aromatic carbocycles. The predicted molar refractivity (Wildman–Crippen MR) is 125 cm³/mol. The van der Waals surface area contributed by atoms with E-state index in [0.29, 0.717) is 11.5 Å². The Morgan fingerprint density at radius 1 is 0.879 bits per heavy atom. The number of benzene rings is 2. The number of hydrogen-bond donors (Lipinski definition) is 3. The maximum absolute atomic E-state index is 13.7. The highest BCUT2D eigenvalue weighted by atomic mass is 16.3. The third kappa shape index (κ3) is 3.47. The monoisotopic (exact) mass is 440 g/mol. The number of hydrogen-bond acceptors (Lipinski definition) is 4. The van der Waals surface area contributed by atoms with Gasteiger partial charge in [0, 0.05) is 29.4 Å². The summed E-state index contributed by atoms with van der Waals surface area (Å²) in [7, 11) is 0. The highest BCUT2D eigenvalue weighted by Crippen LogP contribution is 2.60. The Labute approximate surface area is 193 Å². The first-order valence-electron chi connectivity index (χ1n) is 11.8. The molecule has 0 saturated heterocycles. The summed E-state index contributed by atoms with van der Waals surface area (Å²) in [6.07, 6.45) is 9.51. The number of phenols is 2. The van der Waals surface area contributed by atoms with Gasteiger partial charge in [0.2, 0.25) is 0 Å². The van der Waals surface area contributed by atoms with Gasteiger partial charge in [-0.05, 0) is 96.9 Å². The minimum atomic E-state index is -0.255. The lowest BCUT2D eigenvalue weighted by atomic mass is 9.80. The molecule has 4 fully saturated rings. The number of aromatic hydroxyl groups is 2. The van der Waals surface area contributed by atoms with Gasteiger partial charge in [-0.2, -0.15) is 0 Å². The molecule has 4 aliphatic rings. The molecule has 168 valence electrons. The van der Waals surface area contributed by atoms with Crippen molar-refractivity contribution in [2.45, 2.75) is 43.6 Å². The maximum atomic E-state index is 13.7. The molecule has 2 atom stereocenters. The van der Waals surface area contributed by atoms with Crippen LogP contribution in [0.1, 0.15) is 65.1 Å². The van der Waals surface area contributed by atoms with Crippen LogP contribution in [0.5, 0.6) is 11.5 Å². The van der Waals surface area contributed by atoms with Gasteiger partial charge in [0.1, 0.15) is 11.5 Å². The zero-order valence-electron chi connectivity index (χ0n) is 18.4. The molecule has 1 heterocycles. The van der Waals surface area contributed by atoms with Gasteiger partial charge in [0.25, 0.3) is 5.91 Å². The lowest BCUT2D eigenvalue weighted by molar-refractivity contribution is 0.0873. The molecular weight excluding hydrogens is 412 g/mol. The Morgan fingerprint density at radius 3 is 2.03 bits per heavy atom. The molecule has 1 amide bonds. The number of amides is 1. The normalized spacial score (nSPS) is 27.2. The summed E-state index contributed by atoms with van der Waals surface area (Å²) >= 11 is 0. The average molecular weight is 441 g/mol. The van der Waals surface area contributed by atoms with E-state index in [1.54, 1.807) is 36.7 Å². The molecule has 5 nitrogen and oxygen atoms in total. The van der Waals surface area contributed by atoms with Crippen molar-refractivity contribution in [3.05, 3.63) is 89.2 Å². The average Bonchev–Trinajstić information content (AvgIpc) is 3.19. The van der Waals surface area contributed by atoms with E-state index in [9.17, 15) is 15.0 Å². The summed E-state index contributed by atoms with van der Waals surface area (Å²) < 4.78 is 0. The fourth-order valence-corrected chi connectivity index (χ4v) is 7.02. The maximum Gasteiger partial charge on any atom is 0.252 e. The lowest BCUT2D eigenvalue weighted by Crippen LogP contribution is -2.49. The summed E-state index contributed by atoms with van der Waals surface area (Å²) in [5.41, 5.74) is 3.30. The van der Waals surface area contributed by atoms with E-state index in [4.69, 9.17) is 0 Å². The zero-order valence-corrected chi connectivity index (χ0v) is 18.4. The van der Waals surface area contributed by atoms with Gasteiger partial charge < -0.3 is 15.5 Å². The Morgan fingerprint density at radius 2 is 1.45 bits per heavy atom. The van der Waals surface area contributed by atoms with Crippen LogP contribution in [0.15, 0.2) is 67.0 Å². The molecule has 2 unspecified atom stereocenters. The molecule has 4 aliphatic carbocycles. The summed E-state index contributed by atoms with van der Waals surface area (Å²) in [4.78, 5) is 18.1. The Balaban J connectivity index is 1.39. The van der Waals surface area contributed by atoms with Gasteiger partial charge in [0.05, 0.1) is 0 Å². The molecule has 7 rings (SSSR count). The summed E-state index contributed by atoms with van der Waals surface area (Å²) in [6, 6.07) is 15.9. The predicted octanol–water partition coefficient (Wildman–Crippen LogP) is 4.98. The summed E-state index contributed by atoms with van der Waals surface area (Å²) in [5.74, 6) is 2.25. The topological polar surface area (TPSA) is 82.5 Å². The molecule has 5 heteroatoms. The third-order valence-corrected chi connectivity index (χ3v) is 8.21. The van der Waals surface area contributed by atoms with Crippen molar-refractivity contribution in [1.29, 1.82) is 0 Å². The van der Waals surface area contributed by atoms with Crippen LogP contribution in [-0.2, 0) is 0 Å². The van der Waals surface area contributed by atoms with Crippen molar-refractivity contribution >= 4 is 5.91 Å². The third-order valence-electron chi connectivity index (χ3n) is 8.21. The second-order valence-electron chi connectivity index (χ2n) is 10.2. The van der Waals surface area contributed by atoms with Crippen LogP contribution in [0.2, 0.25) is 0 Å². The number of aromatic nitrogens is 1. The van der Waals surface area contributed by atoms with Crippen LogP contribution in [0.25, 0.3) is 0 Å². The summed E-state index contributed by atoms with van der Waals surface area (Å²) in [6.45, 7) is 0. The SMILES string of the molecule is O=C(NC12CC3CC(CC1C3)C2)c1ccncc1C(c1ccc(O)cc1)c1ccc(O)cc1. The van der Waals surface area contributed by atoms with Crippen LogP contribution >= 0.6 is 0 Å². The van der Waals surface area contributed by atoms with Gasteiger partial charge in [-0.3, -0.25) is 9.78 Å². The largest absolute Gasteiger partial charge is 0.508 e. The van der Waals surface area contributed by atoms with E-state index in [-0.39, 0.29) is 28.9 Å². The Bertz CT molecular complexity index is 1130. The number of nitrogens with one attached hydrogen (secondary N) is 1. The standard InChI is InChI=1S/C28H28N2O3/c31-22-5-1-19(2-6-22)26(20-3-7-23(32)8-4-20)25-16-29-10-9-24(25)27(33)30-28-14-17-11-18(15-28)13-21(28)12-17/h1-10,16-18,21,26,31-32H,11-15H2,(H,30,33). The molecule has 0 spiro atoms. The second kappa shape index (κ2) is 7.62. The fourth-order valence-electron chi connectivity index (χ4n) is 7.02. The number of nitrogens with zero attached hydrogens (tertiary/aromatic N) is 1. The van der Waals surface area contributed by atoms with E-state index >= 15 is 0 Å². The lowest BCUT2D eigenvalue weighted by Gasteiger charge is -2.34. The molecule has 4 bridgehead atoms. The van der Waals surface area contributed by atoms with Crippen molar-refractivity contribution in [3.63, 3.8) is 0 Å². The van der Waals surface area contributed by atoms with Gasteiger partial charge in [-0.25, -0.2) is 0 Å². The summed E-state index contributed by atoms with van der Waals surface area (Å²) in [5, 5.41) is 23.1. The minimum absolute atomic E-state index is 0.0249. The number of pyridine rings is 1. The van der Waals surface area contributed by atoms with Crippen molar-refractivity contribution in [2.24, 2.45) is 17.8 Å². The molecule has 4 saturated carbocycles. The minimum Gasteiger partial charge on any atom is -0.508 e. The fraction of sp³-hybridized carbons (Fsp3) is 0.357. The van der Waals surface area contributed by atoms with Gasteiger partial charge in [0.15, 0.2) is 0 Å². The van der Waals surface area contributed by atoms with E-state index in [2.05, 4.69) is 10.3 Å². The smallest absolute Gasteiger partial charge is 0.252 e. The van der Waals surface area contributed by atoms with Gasteiger partial charge >= 0.3 is 0 Å². The molecule has 3 N–H and O–H groups in total. The molecule has 1 aromatic heterocycles. The van der Waals surface area contributed by atoms with Crippen LogP contribution in [0.3, 0.4) is 0 Å². The van der Waals surface area contributed by atoms with Gasteiger partial charge in [-0.15, -0.1) is 0 Å². The first-order valence-corrected chi connectivity index (χ1v) is 11.8. The highest BCUT2D eigenvalue weighted by Gasteiger charge is 2.58. The van der Waals surface area contributed by atoms with Crippen LogP contribution in [-0.4, -0.2) is 26.6 Å². The van der Waals surface area contributed by atoms with E-state index in [1.165, 1.54) is 19.3 Å². The van der Waals surface area contributed by atoms with E-state index in [1.807, 2.05) is 30.3 Å². The van der Waals surface area contributed by atoms with Crippen molar-refractivity contribution in [2.75, 3.05) is 0 Å². The Hall–Kier alpha value is -3.34. The number of carbonyl (C=O) groups is 1. The van der Waals surface area contributed by atoms with E-state index in [0.717, 1.165) is 41.4 Å². The van der Waals surface area contributed by atoms with Crippen LogP contribution in [0.4, 0.5) is 0 Å². The quantitative estimate of drug-likeness (QED) is 0.522. The van der Waals surface area contributed by atoms with Crippen LogP contribution < -0.4 is 5.32 Å². The molecular formula is C28H28N2O3. The Kier molecular flexibility index (Phi) is 4.68. The molecule has 0 radical (unpaired) electrons. The first-order chi connectivity index (χ1) is 16.0. The molecule has 3 aromatic rings. The number of carbonyl (C=O) groups excluding carboxylic acids is 1. The van der Waals surface area contributed by atoms with Crippen LogP contribution in [0, 0.1) is 17.8 Å². The van der Waals surface area contributed by atoms with Crippen molar-refractivity contribution < 1.29 is 15.0 Å². The number of phenolic OH excluding ortho intramolecular Hbond substituents is 2. The zero-order chi connectivity index (χ0) is 22.6. The number of rotatable bonds is 5. The molecule has 33 heavy (non-hydrogen) atoms. The first kappa shape index (κ1) is 20.3. The highest BCUT2D eigenvalue weighted by molar-refractivity contribution is 5.96. The van der Waals surface area contributed by atoms with Gasteiger partial charge in [-0.1, -0.05) is 24.3 Å². The molecule has 0 aliphatic heterocycles. The van der Waals surface area contributed by atoms with E-state index < -0.39 is 0 Å². The van der Waals surface area contributed by atoms with Crippen molar-refractivity contribution in [3.8, 4) is 11.5 Å².